The SMILES string of the molecule is Cc1cc(N(c2ccccc2)c2cc3c4c(ccc5cccc(c54)C3(C)C)c2)c2ccc3c(C)cc(N(c4ccccc4-c4ccccc4)c4cccc5c4oc4ccccc45)c4ccc1c2c34. The van der Waals surface area contributed by atoms with Crippen molar-refractivity contribution < 1.29 is 4.42 Å². The largest absolute Gasteiger partial charge is 0.454 e. The van der Waals surface area contributed by atoms with Crippen molar-refractivity contribution in [3.05, 3.63) is 229 Å². The molecule has 12 aromatic carbocycles. The van der Waals surface area contributed by atoms with Crippen LogP contribution >= 0.6 is 0 Å². The molecule has 68 heavy (non-hydrogen) atoms. The summed E-state index contributed by atoms with van der Waals surface area (Å²) in [6.45, 7) is 9.35. The van der Waals surface area contributed by atoms with Gasteiger partial charge in [0.2, 0.25) is 0 Å². The summed E-state index contributed by atoms with van der Waals surface area (Å²) in [5.41, 5.74) is 15.8. The van der Waals surface area contributed by atoms with Gasteiger partial charge >= 0.3 is 0 Å². The van der Waals surface area contributed by atoms with Gasteiger partial charge in [0.1, 0.15) is 5.58 Å². The summed E-state index contributed by atoms with van der Waals surface area (Å²) in [7, 11) is 0. The predicted molar refractivity (Wildman–Crippen MR) is 289 cm³/mol. The van der Waals surface area contributed by atoms with Crippen molar-refractivity contribution in [1.82, 2.24) is 0 Å². The summed E-state index contributed by atoms with van der Waals surface area (Å²) in [4.78, 5) is 4.97. The molecule has 0 spiro atoms. The number of para-hydroxylation sites is 4. The van der Waals surface area contributed by atoms with E-state index in [0.717, 1.165) is 67.2 Å². The highest BCUT2D eigenvalue weighted by molar-refractivity contribution is 6.30. The Hall–Kier alpha value is -8.40. The summed E-state index contributed by atoms with van der Waals surface area (Å²) in [6.07, 6.45) is 0. The first-order valence-corrected chi connectivity index (χ1v) is 23.8. The van der Waals surface area contributed by atoms with Gasteiger partial charge in [-0.15, -0.1) is 0 Å². The van der Waals surface area contributed by atoms with Crippen LogP contribution in [0, 0.1) is 13.8 Å². The van der Waals surface area contributed by atoms with Gasteiger partial charge in [-0.2, -0.15) is 0 Å². The number of furan rings is 1. The van der Waals surface area contributed by atoms with Crippen LogP contribution in [-0.4, -0.2) is 0 Å². The first kappa shape index (κ1) is 38.8. The fourth-order valence-electron chi connectivity index (χ4n) is 12.0. The van der Waals surface area contributed by atoms with Crippen LogP contribution in [0.4, 0.5) is 34.1 Å². The molecule has 0 amide bonds. The zero-order chi connectivity index (χ0) is 45.4. The second-order valence-electron chi connectivity index (χ2n) is 19.3. The molecule has 14 rings (SSSR count). The zero-order valence-electron chi connectivity index (χ0n) is 38.4. The van der Waals surface area contributed by atoms with Crippen LogP contribution in [0.25, 0.3) is 86.9 Å². The second kappa shape index (κ2) is 14.3. The Morgan fingerprint density at radius 3 is 1.72 bits per heavy atom. The number of benzene rings is 12. The van der Waals surface area contributed by atoms with E-state index in [0.29, 0.717) is 0 Å². The third-order valence-electron chi connectivity index (χ3n) is 15.2. The van der Waals surface area contributed by atoms with Crippen LogP contribution in [0.15, 0.2) is 211 Å². The first-order valence-electron chi connectivity index (χ1n) is 23.8. The molecule has 1 aliphatic rings. The summed E-state index contributed by atoms with van der Waals surface area (Å²) >= 11 is 0. The number of aryl methyl sites for hydroxylation is 2. The molecule has 0 aliphatic heterocycles. The monoisotopic (exact) mass is 870 g/mol. The van der Waals surface area contributed by atoms with Crippen LogP contribution in [0.2, 0.25) is 0 Å². The minimum absolute atomic E-state index is 0.149. The fraction of sp³-hybridized carbons (Fsp3) is 0.0769. The van der Waals surface area contributed by atoms with E-state index in [1.54, 1.807) is 0 Å². The third kappa shape index (κ3) is 5.41. The first-order chi connectivity index (χ1) is 33.3. The van der Waals surface area contributed by atoms with E-state index in [-0.39, 0.29) is 5.41 Å². The summed E-state index contributed by atoms with van der Waals surface area (Å²) < 4.78 is 6.88. The van der Waals surface area contributed by atoms with E-state index in [2.05, 4.69) is 244 Å². The van der Waals surface area contributed by atoms with Crippen LogP contribution in [-0.2, 0) is 5.41 Å². The summed E-state index contributed by atoms with van der Waals surface area (Å²) in [5, 5.41) is 15.0. The normalized spacial score (nSPS) is 13.1. The van der Waals surface area contributed by atoms with E-state index in [1.165, 1.54) is 76.1 Å². The fourth-order valence-corrected chi connectivity index (χ4v) is 12.0. The molecule has 0 fully saturated rings. The van der Waals surface area contributed by atoms with Gasteiger partial charge in [0.05, 0.1) is 22.7 Å². The quantitative estimate of drug-likeness (QED) is 0.149. The van der Waals surface area contributed by atoms with Gasteiger partial charge in [0.25, 0.3) is 0 Å². The summed E-state index contributed by atoms with van der Waals surface area (Å²) in [6, 6.07) is 76.1. The van der Waals surface area contributed by atoms with Crippen molar-refractivity contribution in [3.63, 3.8) is 0 Å². The van der Waals surface area contributed by atoms with Crippen LogP contribution in [0.5, 0.6) is 0 Å². The highest BCUT2D eigenvalue weighted by Crippen LogP contribution is 2.54. The van der Waals surface area contributed by atoms with E-state index >= 15 is 0 Å². The molecule has 1 heterocycles. The van der Waals surface area contributed by atoms with Crippen LogP contribution in [0.3, 0.4) is 0 Å². The average molecular weight is 871 g/mol. The van der Waals surface area contributed by atoms with Crippen molar-refractivity contribution in [2.75, 3.05) is 9.80 Å². The van der Waals surface area contributed by atoms with Gasteiger partial charge in [0, 0.05) is 43.9 Å². The molecule has 322 valence electrons. The Morgan fingerprint density at radius 2 is 0.956 bits per heavy atom. The van der Waals surface area contributed by atoms with E-state index in [1.807, 2.05) is 0 Å². The van der Waals surface area contributed by atoms with E-state index < -0.39 is 0 Å². The highest BCUT2D eigenvalue weighted by Gasteiger charge is 2.35. The van der Waals surface area contributed by atoms with Gasteiger partial charge < -0.3 is 14.2 Å². The van der Waals surface area contributed by atoms with E-state index in [9.17, 15) is 0 Å². The molecule has 1 aliphatic carbocycles. The Bertz CT molecular complexity index is 4200. The molecule has 0 bridgehead atoms. The zero-order valence-corrected chi connectivity index (χ0v) is 38.4. The minimum Gasteiger partial charge on any atom is -0.454 e. The third-order valence-corrected chi connectivity index (χ3v) is 15.2. The van der Waals surface area contributed by atoms with Crippen LogP contribution in [0.1, 0.15) is 36.1 Å². The van der Waals surface area contributed by atoms with Crippen molar-refractivity contribution in [2.45, 2.75) is 33.1 Å². The van der Waals surface area contributed by atoms with Gasteiger partial charge in [-0.05, 0) is 139 Å². The Labute approximate surface area is 395 Å². The Kier molecular flexibility index (Phi) is 8.17. The van der Waals surface area contributed by atoms with Gasteiger partial charge in [-0.1, -0.05) is 166 Å². The number of rotatable bonds is 7. The Morgan fingerprint density at radius 1 is 0.368 bits per heavy atom. The molecule has 0 saturated heterocycles. The molecule has 0 radical (unpaired) electrons. The van der Waals surface area contributed by atoms with Crippen molar-refractivity contribution in [3.8, 4) is 11.1 Å². The number of fused-ring (bicyclic) bond motifs is 3. The maximum absolute atomic E-state index is 6.88. The maximum Gasteiger partial charge on any atom is 0.159 e. The molecule has 0 N–H and O–H groups in total. The number of hydrogen-bond acceptors (Lipinski definition) is 3. The molecule has 13 aromatic rings. The lowest BCUT2D eigenvalue weighted by atomic mass is 9.81. The lowest BCUT2D eigenvalue weighted by Crippen LogP contribution is -2.17. The van der Waals surface area contributed by atoms with Crippen molar-refractivity contribution >= 4 is 110 Å². The second-order valence-corrected chi connectivity index (χ2v) is 19.3. The van der Waals surface area contributed by atoms with Gasteiger partial charge in [0.15, 0.2) is 5.58 Å². The molecule has 0 unspecified atom stereocenters. The molecule has 3 heteroatoms. The number of nitrogens with zero attached hydrogens (tertiary/aromatic N) is 2. The predicted octanol–water partition coefficient (Wildman–Crippen LogP) is 18.7. The number of hydrogen-bond donors (Lipinski definition) is 0. The molecular formula is C65H46N2O. The standard InChI is InChI=1S/C65H46N2O/c1-39-35-57(66(44-20-9-6-10-21-44)45-37-43-30-29-42-19-15-25-53-60(42)61(43)54(38-45)65(53,3)4)51-33-31-47-40(2)36-58(52-34-32-46(39)62(51)63(47)52)67(55-26-13-11-22-48(55)41-17-7-5-8-18-41)56-27-16-24-50-49-23-12-14-28-59(49)68-64(50)56/h5-38H,1-4H3. The molecule has 1 aromatic heterocycles. The van der Waals surface area contributed by atoms with E-state index in [4.69, 9.17) is 4.42 Å². The molecular weight excluding hydrogens is 825 g/mol. The Balaban J connectivity index is 1.06. The smallest absolute Gasteiger partial charge is 0.159 e. The molecule has 3 nitrogen and oxygen atoms in total. The highest BCUT2D eigenvalue weighted by atomic mass is 16.3. The van der Waals surface area contributed by atoms with Crippen molar-refractivity contribution in [2.24, 2.45) is 0 Å². The number of anilines is 6. The topological polar surface area (TPSA) is 19.6 Å². The van der Waals surface area contributed by atoms with Crippen molar-refractivity contribution in [1.29, 1.82) is 0 Å². The maximum atomic E-state index is 6.88. The summed E-state index contributed by atoms with van der Waals surface area (Å²) in [5.74, 6) is 0. The lowest BCUT2D eigenvalue weighted by molar-refractivity contribution is 0.663. The average Bonchev–Trinajstić information content (AvgIpc) is 3.87. The van der Waals surface area contributed by atoms with Gasteiger partial charge in [-0.3, -0.25) is 0 Å². The van der Waals surface area contributed by atoms with Crippen LogP contribution < -0.4 is 9.80 Å². The minimum atomic E-state index is -0.149. The lowest BCUT2D eigenvalue weighted by Gasteiger charge is -2.32. The molecule has 0 saturated carbocycles. The van der Waals surface area contributed by atoms with Gasteiger partial charge in [-0.25, -0.2) is 0 Å². The molecule has 0 atom stereocenters.